The van der Waals surface area contributed by atoms with Crippen LogP contribution in [0.5, 0.6) is 0 Å². The summed E-state index contributed by atoms with van der Waals surface area (Å²) >= 11 is 5.88. The van der Waals surface area contributed by atoms with Gasteiger partial charge in [0, 0.05) is 17.1 Å². The summed E-state index contributed by atoms with van der Waals surface area (Å²) in [7, 11) is 0. The standard InChI is InChI=1S/C15H18ClFN2O2/c1-4-12-13(20)19(15(2,3)14(21)18-12)8-9-7-10(16)5-6-11(9)17/h5-7,12H,4,8H2,1-3H3,(H,18,21). The molecule has 4 nitrogen and oxygen atoms in total. The molecule has 1 N–H and O–H groups in total. The quantitative estimate of drug-likeness (QED) is 0.932. The van der Waals surface area contributed by atoms with Crippen LogP contribution in [0.15, 0.2) is 18.2 Å². The predicted molar refractivity (Wildman–Crippen MR) is 78.3 cm³/mol. The van der Waals surface area contributed by atoms with Gasteiger partial charge in [0.05, 0.1) is 0 Å². The average Bonchev–Trinajstić information content (AvgIpc) is 2.43. The summed E-state index contributed by atoms with van der Waals surface area (Å²) in [6.45, 7) is 5.13. The Hall–Kier alpha value is -1.62. The van der Waals surface area contributed by atoms with Crippen LogP contribution in [0.4, 0.5) is 4.39 Å². The molecule has 1 unspecified atom stereocenters. The Bertz CT molecular complexity index is 589. The topological polar surface area (TPSA) is 49.4 Å². The van der Waals surface area contributed by atoms with E-state index in [0.717, 1.165) is 0 Å². The van der Waals surface area contributed by atoms with E-state index < -0.39 is 17.4 Å². The fraction of sp³-hybridized carbons (Fsp3) is 0.467. The summed E-state index contributed by atoms with van der Waals surface area (Å²) in [6.07, 6.45) is 0.495. The zero-order valence-electron chi connectivity index (χ0n) is 12.2. The van der Waals surface area contributed by atoms with Crippen molar-refractivity contribution in [1.82, 2.24) is 10.2 Å². The normalized spacial score (nSPS) is 21.4. The summed E-state index contributed by atoms with van der Waals surface area (Å²) in [6, 6.07) is 3.63. The maximum absolute atomic E-state index is 13.9. The van der Waals surface area contributed by atoms with Gasteiger partial charge in [-0.1, -0.05) is 18.5 Å². The Kier molecular flexibility index (Phi) is 4.23. The number of nitrogens with one attached hydrogen (secondary N) is 1. The molecule has 1 heterocycles. The molecule has 0 aromatic heterocycles. The van der Waals surface area contributed by atoms with Crippen LogP contribution in [0, 0.1) is 5.82 Å². The first kappa shape index (κ1) is 15.8. The van der Waals surface area contributed by atoms with Crippen LogP contribution in [0.25, 0.3) is 0 Å². The zero-order chi connectivity index (χ0) is 15.8. The molecule has 21 heavy (non-hydrogen) atoms. The van der Waals surface area contributed by atoms with Gasteiger partial charge in [0.1, 0.15) is 17.4 Å². The number of carbonyl (C=O) groups is 2. The lowest BCUT2D eigenvalue weighted by atomic mass is 9.94. The number of piperazine rings is 1. The third kappa shape index (κ3) is 2.88. The maximum atomic E-state index is 13.9. The van der Waals surface area contributed by atoms with Crippen molar-refractivity contribution in [3.8, 4) is 0 Å². The second kappa shape index (κ2) is 5.64. The Labute approximate surface area is 128 Å². The number of nitrogens with zero attached hydrogens (tertiary/aromatic N) is 1. The minimum absolute atomic E-state index is 0.0160. The molecule has 1 aliphatic rings. The summed E-state index contributed by atoms with van der Waals surface area (Å²) in [4.78, 5) is 26.0. The Morgan fingerprint density at radius 3 is 2.67 bits per heavy atom. The highest BCUT2D eigenvalue weighted by Gasteiger charge is 2.45. The molecular formula is C15H18ClFN2O2. The van der Waals surface area contributed by atoms with Gasteiger partial charge in [0.15, 0.2) is 0 Å². The van der Waals surface area contributed by atoms with Gasteiger partial charge in [0.2, 0.25) is 11.8 Å². The van der Waals surface area contributed by atoms with Crippen LogP contribution in [0.3, 0.4) is 0 Å². The van der Waals surface area contributed by atoms with Gasteiger partial charge in [-0.25, -0.2) is 4.39 Å². The first-order valence-corrected chi connectivity index (χ1v) is 7.21. The Morgan fingerprint density at radius 2 is 2.05 bits per heavy atom. The number of halogens is 2. The van der Waals surface area contributed by atoms with Crippen molar-refractivity contribution in [1.29, 1.82) is 0 Å². The van der Waals surface area contributed by atoms with Crippen LogP contribution in [0.2, 0.25) is 5.02 Å². The fourth-order valence-electron chi connectivity index (χ4n) is 2.37. The highest BCUT2D eigenvalue weighted by molar-refractivity contribution is 6.30. The first-order valence-electron chi connectivity index (χ1n) is 6.83. The summed E-state index contributed by atoms with van der Waals surface area (Å²) in [5.41, 5.74) is -0.731. The number of rotatable bonds is 3. The summed E-state index contributed by atoms with van der Waals surface area (Å²) in [5.74, 6) is -0.889. The fourth-order valence-corrected chi connectivity index (χ4v) is 2.56. The second-order valence-electron chi connectivity index (χ2n) is 5.65. The lowest BCUT2D eigenvalue weighted by Gasteiger charge is -2.44. The molecule has 0 aliphatic carbocycles. The maximum Gasteiger partial charge on any atom is 0.246 e. The minimum Gasteiger partial charge on any atom is -0.342 e. The van der Waals surface area contributed by atoms with E-state index in [2.05, 4.69) is 5.32 Å². The number of hydrogen-bond donors (Lipinski definition) is 1. The minimum atomic E-state index is -1.03. The van der Waals surface area contributed by atoms with Crippen molar-refractivity contribution >= 4 is 23.4 Å². The van der Waals surface area contributed by atoms with E-state index in [0.29, 0.717) is 17.0 Å². The van der Waals surface area contributed by atoms with Crippen molar-refractivity contribution in [3.05, 3.63) is 34.6 Å². The zero-order valence-corrected chi connectivity index (χ0v) is 13.0. The van der Waals surface area contributed by atoms with Crippen LogP contribution < -0.4 is 5.32 Å². The molecule has 114 valence electrons. The van der Waals surface area contributed by atoms with E-state index >= 15 is 0 Å². The van der Waals surface area contributed by atoms with Crippen molar-refractivity contribution in [2.75, 3.05) is 0 Å². The van der Waals surface area contributed by atoms with Gasteiger partial charge in [-0.3, -0.25) is 9.59 Å². The van der Waals surface area contributed by atoms with Crippen molar-refractivity contribution in [3.63, 3.8) is 0 Å². The molecule has 1 fully saturated rings. The van der Waals surface area contributed by atoms with Crippen LogP contribution in [-0.2, 0) is 16.1 Å². The van der Waals surface area contributed by atoms with Crippen LogP contribution in [-0.4, -0.2) is 28.3 Å². The molecule has 2 rings (SSSR count). The highest BCUT2D eigenvalue weighted by Crippen LogP contribution is 2.26. The molecule has 6 heteroatoms. The van der Waals surface area contributed by atoms with Gasteiger partial charge in [0.25, 0.3) is 0 Å². The van der Waals surface area contributed by atoms with Gasteiger partial charge < -0.3 is 10.2 Å². The van der Waals surface area contributed by atoms with E-state index in [-0.39, 0.29) is 18.4 Å². The third-order valence-corrected chi connectivity index (χ3v) is 4.08. The van der Waals surface area contributed by atoms with Gasteiger partial charge in [-0.2, -0.15) is 0 Å². The molecule has 0 radical (unpaired) electrons. The molecule has 1 saturated heterocycles. The average molecular weight is 313 g/mol. The third-order valence-electron chi connectivity index (χ3n) is 3.84. The van der Waals surface area contributed by atoms with E-state index in [1.54, 1.807) is 13.8 Å². The molecule has 0 bridgehead atoms. The number of hydrogen-bond acceptors (Lipinski definition) is 2. The summed E-state index contributed by atoms with van der Waals surface area (Å²) in [5, 5.41) is 3.09. The smallest absolute Gasteiger partial charge is 0.246 e. The number of benzene rings is 1. The Balaban J connectivity index is 2.36. The highest BCUT2D eigenvalue weighted by atomic mass is 35.5. The SMILES string of the molecule is CCC1NC(=O)C(C)(C)N(Cc2cc(Cl)ccc2F)C1=O. The second-order valence-corrected chi connectivity index (χ2v) is 6.09. The molecule has 0 spiro atoms. The van der Waals surface area contributed by atoms with E-state index in [9.17, 15) is 14.0 Å². The first-order chi connectivity index (χ1) is 9.77. The molecule has 1 aliphatic heterocycles. The largest absolute Gasteiger partial charge is 0.342 e. The molecule has 1 aromatic carbocycles. The van der Waals surface area contributed by atoms with Gasteiger partial charge >= 0.3 is 0 Å². The predicted octanol–water partition coefficient (Wildman–Crippen LogP) is 2.49. The van der Waals surface area contributed by atoms with Crippen LogP contribution in [0.1, 0.15) is 32.8 Å². The molecular weight excluding hydrogens is 295 g/mol. The van der Waals surface area contributed by atoms with Crippen molar-refractivity contribution < 1.29 is 14.0 Å². The Morgan fingerprint density at radius 1 is 1.38 bits per heavy atom. The lowest BCUT2D eigenvalue weighted by Crippen LogP contribution is -2.67. The molecule has 0 saturated carbocycles. The lowest BCUT2D eigenvalue weighted by molar-refractivity contribution is -0.156. The van der Waals surface area contributed by atoms with Gasteiger partial charge in [-0.05, 0) is 38.5 Å². The molecule has 1 atom stereocenters. The number of carbonyl (C=O) groups excluding carboxylic acids is 2. The summed E-state index contributed by atoms with van der Waals surface area (Å²) < 4.78 is 13.9. The van der Waals surface area contributed by atoms with Crippen LogP contribution >= 0.6 is 11.6 Å². The monoisotopic (exact) mass is 312 g/mol. The van der Waals surface area contributed by atoms with E-state index in [1.807, 2.05) is 6.92 Å². The van der Waals surface area contributed by atoms with E-state index in [1.165, 1.54) is 23.1 Å². The van der Waals surface area contributed by atoms with Crippen molar-refractivity contribution in [2.45, 2.75) is 45.3 Å². The number of amides is 2. The van der Waals surface area contributed by atoms with Gasteiger partial charge in [-0.15, -0.1) is 0 Å². The van der Waals surface area contributed by atoms with Crippen molar-refractivity contribution in [2.24, 2.45) is 0 Å². The molecule has 1 aromatic rings. The van der Waals surface area contributed by atoms with E-state index in [4.69, 9.17) is 11.6 Å². The molecule has 2 amide bonds.